The quantitative estimate of drug-likeness (QED) is 0.785. The second kappa shape index (κ2) is 7.69. The van der Waals surface area contributed by atoms with Gasteiger partial charge in [0.25, 0.3) is 5.91 Å². The van der Waals surface area contributed by atoms with Crippen LogP contribution in [0.5, 0.6) is 5.75 Å². The lowest BCUT2D eigenvalue weighted by atomic mass is 10.2. The number of halogens is 1. The van der Waals surface area contributed by atoms with E-state index in [0.29, 0.717) is 22.1 Å². The highest BCUT2D eigenvalue weighted by Crippen LogP contribution is 2.37. The van der Waals surface area contributed by atoms with Crippen LogP contribution < -0.4 is 19.7 Å². The Hall–Kier alpha value is -2.78. The van der Waals surface area contributed by atoms with Crippen LogP contribution in [-0.2, 0) is 19.6 Å². The predicted octanol–water partition coefficient (Wildman–Crippen LogP) is 2.46. The van der Waals surface area contributed by atoms with Gasteiger partial charge < -0.3 is 15.4 Å². The predicted molar refractivity (Wildman–Crippen MR) is 107 cm³/mol. The number of nitrogens with zero attached hydrogens (tertiary/aromatic N) is 1. The van der Waals surface area contributed by atoms with E-state index in [9.17, 15) is 18.0 Å². The van der Waals surface area contributed by atoms with E-state index in [0.717, 1.165) is 10.6 Å². The van der Waals surface area contributed by atoms with Crippen LogP contribution in [0, 0.1) is 0 Å². The maximum atomic E-state index is 12.6. The molecule has 2 aromatic rings. The van der Waals surface area contributed by atoms with Gasteiger partial charge in [-0.05, 0) is 42.5 Å². The second-order valence-electron chi connectivity index (χ2n) is 6.26. The van der Waals surface area contributed by atoms with Crippen molar-refractivity contribution in [3.63, 3.8) is 0 Å². The average molecular weight is 424 g/mol. The molecule has 2 amide bonds. The molecule has 8 nitrogen and oxygen atoms in total. The average Bonchev–Trinajstić information content (AvgIpc) is 2.61. The Morgan fingerprint density at radius 3 is 2.29 bits per heavy atom. The summed E-state index contributed by atoms with van der Waals surface area (Å²) >= 11 is 5.96. The lowest BCUT2D eigenvalue weighted by molar-refractivity contribution is -0.122. The minimum absolute atomic E-state index is 0.179. The monoisotopic (exact) mass is 423 g/mol. The summed E-state index contributed by atoms with van der Waals surface area (Å²) in [4.78, 5) is 23.7. The van der Waals surface area contributed by atoms with Crippen molar-refractivity contribution in [2.24, 2.45) is 0 Å². The molecule has 0 spiro atoms. The fourth-order valence-corrected chi connectivity index (χ4v) is 3.81. The van der Waals surface area contributed by atoms with E-state index < -0.39 is 22.0 Å². The first-order valence-corrected chi connectivity index (χ1v) is 10.5. The van der Waals surface area contributed by atoms with Gasteiger partial charge in [-0.25, -0.2) is 8.42 Å². The number of carbonyl (C=O) groups excluding carboxylic acids is 2. The molecular weight excluding hydrogens is 406 g/mol. The highest BCUT2D eigenvalue weighted by molar-refractivity contribution is 7.92. The van der Waals surface area contributed by atoms with Crippen LogP contribution in [-0.4, -0.2) is 39.1 Å². The van der Waals surface area contributed by atoms with E-state index in [1.54, 1.807) is 30.3 Å². The summed E-state index contributed by atoms with van der Waals surface area (Å²) in [5.41, 5.74) is 1.36. The first kappa shape index (κ1) is 20.0. The number of carbonyl (C=O) groups is 2. The Balaban J connectivity index is 1.79. The Morgan fingerprint density at radius 1 is 1.11 bits per heavy atom. The molecule has 0 saturated heterocycles. The van der Waals surface area contributed by atoms with Crippen molar-refractivity contribution in [3.8, 4) is 5.75 Å². The Labute approximate surface area is 167 Å². The number of sulfonamides is 1. The first-order chi connectivity index (χ1) is 13.1. The van der Waals surface area contributed by atoms with E-state index in [4.69, 9.17) is 16.3 Å². The minimum atomic E-state index is -3.64. The summed E-state index contributed by atoms with van der Waals surface area (Å²) in [6.45, 7) is 1.22. The van der Waals surface area contributed by atoms with E-state index in [2.05, 4.69) is 10.6 Å². The zero-order valence-corrected chi connectivity index (χ0v) is 16.7. The largest absolute Gasteiger partial charge is 0.476 e. The number of hydrogen-bond donors (Lipinski definition) is 2. The molecule has 3 rings (SSSR count). The van der Waals surface area contributed by atoms with Crippen LogP contribution in [0.4, 0.5) is 17.1 Å². The molecule has 0 radical (unpaired) electrons. The molecule has 0 saturated carbocycles. The molecule has 28 heavy (non-hydrogen) atoms. The molecule has 0 aromatic heterocycles. The van der Waals surface area contributed by atoms with E-state index in [-0.39, 0.29) is 18.2 Å². The van der Waals surface area contributed by atoms with Crippen LogP contribution >= 0.6 is 11.6 Å². The first-order valence-electron chi connectivity index (χ1n) is 8.26. The number of rotatable bonds is 4. The van der Waals surface area contributed by atoms with Crippen molar-refractivity contribution >= 4 is 50.5 Å². The maximum Gasteiger partial charge on any atom is 0.267 e. The van der Waals surface area contributed by atoms with Gasteiger partial charge in [0, 0.05) is 23.3 Å². The van der Waals surface area contributed by atoms with E-state index in [1.165, 1.54) is 19.1 Å². The summed E-state index contributed by atoms with van der Waals surface area (Å²) in [6, 6.07) is 11.1. The SMILES string of the molecule is CC(=O)Nc1ccc(NC(=O)C2CN(S(C)(=O)=O)c3cc(Cl)ccc3O2)cc1. The van der Waals surface area contributed by atoms with Crippen molar-refractivity contribution < 1.29 is 22.7 Å². The molecule has 0 fully saturated rings. The summed E-state index contributed by atoms with van der Waals surface area (Å²) in [6.07, 6.45) is 0.0112. The van der Waals surface area contributed by atoms with Crippen molar-refractivity contribution in [1.82, 2.24) is 0 Å². The summed E-state index contributed by atoms with van der Waals surface area (Å²) in [5, 5.41) is 5.67. The molecule has 1 aliphatic rings. The number of ether oxygens (including phenoxy) is 1. The van der Waals surface area contributed by atoms with Gasteiger partial charge in [-0.1, -0.05) is 11.6 Å². The summed E-state index contributed by atoms with van der Waals surface area (Å²) < 4.78 is 31.1. The zero-order valence-electron chi connectivity index (χ0n) is 15.1. The van der Waals surface area contributed by atoms with E-state index in [1.807, 2.05) is 0 Å². The standard InChI is InChI=1S/C18H18ClN3O5S/c1-11(23)20-13-4-6-14(7-5-13)21-18(24)17-10-22(28(2,25)26)15-9-12(19)3-8-16(15)27-17/h3-9,17H,10H2,1-2H3,(H,20,23)(H,21,24). The molecule has 10 heteroatoms. The molecule has 0 aliphatic carbocycles. The molecule has 1 heterocycles. The van der Waals surface area contributed by atoms with Gasteiger partial charge in [0.05, 0.1) is 18.5 Å². The topological polar surface area (TPSA) is 105 Å². The van der Waals surface area contributed by atoms with Crippen molar-refractivity contribution in [1.29, 1.82) is 0 Å². The zero-order chi connectivity index (χ0) is 20.5. The number of benzene rings is 2. The number of fused-ring (bicyclic) bond motifs is 1. The van der Waals surface area contributed by atoms with Gasteiger partial charge in [0.1, 0.15) is 5.75 Å². The molecule has 0 bridgehead atoms. The Bertz CT molecular complexity index is 1020. The van der Waals surface area contributed by atoms with Crippen molar-refractivity contribution in [2.75, 3.05) is 27.7 Å². The third-order valence-electron chi connectivity index (χ3n) is 3.96. The van der Waals surface area contributed by atoms with Gasteiger partial charge in [-0.15, -0.1) is 0 Å². The summed E-state index contributed by atoms with van der Waals surface area (Å²) in [5.74, 6) is -0.448. The van der Waals surface area contributed by atoms with Gasteiger partial charge in [-0.2, -0.15) is 0 Å². The van der Waals surface area contributed by atoms with Crippen LogP contribution in [0.1, 0.15) is 6.92 Å². The molecule has 1 aliphatic heterocycles. The number of amides is 2. The smallest absolute Gasteiger partial charge is 0.267 e. The number of hydrogen-bond acceptors (Lipinski definition) is 5. The molecular formula is C18H18ClN3O5S. The third-order valence-corrected chi connectivity index (χ3v) is 5.34. The minimum Gasteiger partial charge on any atom is -0.476 e. The van der Waals surface area contributed by atoms with Crippen molar-refractivity contribution in [3.05, 3.63) is 47.5 Å². The Morgan fingerprint density at radius 2 is 1.71 bits per heavy atom. The van der Waals surface area contributed by atoms with E-state index >= 15 is 0 Å². The molecule has 148 valence electrons. The van der Waals surface area contributed by atoms with Crippen LogP contribution in [0.2, 0.25) is 5.02 Å². The molecule has 1 unspecified atom stereocenters. The number of anilines is 3. The lowest BCUT2D eigenvalue weighted by Crippen LogP contribution is -2.48. The Kier molecular flexibility index (Phi) is 5.48. The van der Waals surface area contributed by atoms with Gasteiger partial charge in [0.15, 0.2) is 6.10 Å². The normalized spacial score (nSPS) is 16.0. The highest BCUT2D eigenvalue weighted by atomic mass is 35.5. The molecule has 2 aromatic carbocycles. The van der Waals surface area contributed by atoms with Crippen molar-refractivity contribution in [2.45, 2.75) is 13.0 Å². The van der Waals surface area contributed by atoms with Gasteiger partial charge in [0.2, 0.25) is 15.9 Å². The fourth-order valence-electron chi connectivity index (χ4n) is 2.74. The fraction of sp³-hybridized carbons (Fsp3) is 0.222. The lowest BCUT2D eigenvalue weighted by Gasteiger charge is -2.34. The third kappa shape index (κ3) is 4.55. The highest BCUT2D eigenvalue weighted by Gasteiger charge is 2.35. The number of nitrogens with one attached hydrogen (secondary N) is 2. The molecule has 1 atom stereocenters. The summed E-state index contributed by atoms with van der Waals surface area (Å²) in [7, 11) is -3.64. The molecule has 2 N–H and O–H groups in total. The van der Waals surface area contributed by atoms with Gasteiger partial charge in [-0.3, -0.25) is 13.9 Å². The maximum absolute atomic E-state index is 12.6. The van der Waals surface area contributed by atoms with Crippen LogP contribution in [0.15, 0.2) is 42.5 Å². The second-order valence-corrected chi connectivity index (χ2v) is 8.60. The van der Waals surface area contributed by atoms with Crippen LogP contribution in [0.3, 0.4) is 0 Å². The van der Waals surface area contributed by atoms with Gasteiger partial charge >= 0.3 is 0 Å². The van der Waals surface area contributed by atoms with Crippen LogP contribution in [0.25, 0.3) is 0 Å².